The van der Waals surface area contributed by atoms with Gasteiger partial charge in [0.1, 0.15) is 5.82 Å². The fourth-order valence-electron chi connectivity index (χ4n) is 3.79. The molecular formula is C22H22Cl2FN3O. The highest BCUT2D eigenvalue weighted by atomic mass is 35.5. The molecule has 1 aliphatic heterocycles. The average molecular weight is 434 g/mol. The molecule has 0 unspecified atom stereocenters. The minimum atomic E-state index is -0.317. The molecule has 1 aliphatic carbocycles. The van der Waals surface area contributed by atoms with Crippen molar-refractivity contribution in [3.05, 3.63) is 70.7 Å². The Balaban J connectivity index is 0.00000120. The lowest BCUT2D eigenvalue weighted by molar-refractivity contribution is 0.102. The van der Waals surface area contributed by atoms with Crippen molar-refractivity contribution in [3.8, 4) is 0 Å². The van der Waals surface area contributed by atoms with E-state index in [0.29, 0.717) is 30.0 Å². The topological polar surface area (TPSA) is 54.0 Å². The van der Waals surface area contributed by atoms with E-state index in [-0.39, 0.29) is 42.2 Å². The number of nitrogens with one attached hydrogen (secondary N) is 2. The lowest BCUT2D eigenvalue weighted by Crippen LogP contribution is -2.25. The summed E-state index contributed by atoms with van der Waals surface area (Å²) in [7, 11) is 0. The molecule has 152 valence electrons. The number of hydrogen-bond acceptors (Lipinski definition) is 3. The predicted molar refractivity (Wildman–Crippen MR) is 118 cm³/mol. The van der Waals surface area contributed by atoms with Gasteiger partial charge in [0.15, 0.2) is 0 Å². The Morgan fingerprint density at radius 3 is 2.72 bits per heavy atom. The molecule has 0 atom stereocenters. The standard InChI is InChI=1S/C22H20FN3O.2ClH/c23-21-15-9-10-24-12-14(15)7-8-19(21)26-22(27)17-11-20(13-5-6-13)25-18-4-2-1-3-16(17)18;;/h1-4,7-8,11,13,24H,5-6,9-10,12H2,(H,26,27);2*1H. The van der Waals surface area contributed by atoms with Gasteiger partial charge in [0.2, 0.25) is 0 Å². The van der Waals surface area contributed by atoms with Crippen LogP contribution in [-0.2, 0) is 13.0 Å². The molecule has 2 N–H and O–H groups in total. The van der Waals surface area contributed by atoms with Gasteiger partial charge >= 0.3 is 0 Å². The summed E-state index contributed by atoms with van der Waals surface area (Å²) in [6, 6.07) is 13.0. The van der Waals surface area contributed by atoms with Gasteiger partial charge in [-0.25, -0.2) is 4.39 Å². The largest absolute Gasteiger partial charge is 0.319 e. The third-order valence-corrected chi connectivity index (χ3v) is 5.43. The van der Waals surface area contributed by atoms with Gasteiger partial charge in [0.25, 0.3) is 5.91 Å². The molecule has 0 spiro atoms. The van der Waals surface area contributed by atoms with Crippen molar-refractivity contribution in [2.24, 2.45) is 0 Å². The fraction of sp³-hybridized carbons (Fsp3) is 0.273. The number of pyridine rings is 1. The lowest BCUT2D eigenvalue weighted by Gasteiger charge is -2.19. The normalized spacial score (nSPS) is 15.1. The van der Waals surface area contributed by atoms with Gasteiger partial charge in [0, 0.05) is 23.5 Å². The summed E-state index contributed by atoms with van der Waals surface area (Å²) in [5.41, 5.74) is 4.22. The summed E-state index contributed by atoms with van der Waals surface area (Å²) >= 11 is 0. The van der Waals surface area contributed by atoms with Gasteiger partial charge < -0.3 is 10.6 Å². The number of benzene rings is 2. The second-order valence-electron chi connectivity index (χ2n) is 7.33. The number of fused-ring (bicyclic) bond motifs is 2. The molecule has 1 fully saturated rings. The van der Waals surface area contributed by atoms with Crippen LogP contribution in [-0.4, -0.2) is 17.4 Å². The summed E-state index contributed by atoms with van der Waals surface area (Å²) in [6.45, 7) is 1.42. The molecule has 4 nitrogen and oxygen atoms in total. The van der Waals surface area contributed by atoms with Crippen molar-refractivity contribution in [1.82, 2.24) is 10.3 Å². The van der Waals surface area contributed by atoms with Gasteiger partial charge in [-0.15, -0.1) is 24.8 Å². The minimum absolute atomic E-state index is 0. The fourth-order valence-corrected chi connectivity index (χ4v) is 3.79. The van der Waals surface area contributed by atoms with E-state index in [0.717, 1.165) is 41.5 Å². The molecule has 0 radical (unpaired) electrons. The third-order valence-electron chi connectivity index (χ3n) is 5.43. The molecular weight excluding hydrogens is 412 g/mol. The summed E-state index contributed by atoms with van der Waals surface area (Å²) in [4.78, 5) is 17.7. The molecule has 1 saturated carbocycles. The van der Waals surface area contributed by atoms with Crippen LogP contribution in [0.2, 0.25) is 0 Å². The maximum absolute atomic E-state index is 14.9. The van der Waals surface area contributed by atoms with Crippen molar-refractivity contribution in [2.75, 3.05) is 11.9 Å². The second kappa shape index (κ2) is 8.66. The maximum atomic E-state index is 14.9. The zero-order chi connectivity index (χ0) is 18.4. The van der Waals surface area contributed by atoms with Crippen molar-refractivity contribution in [1.29, 1.82) is 0 Å². The van der Waals surface area contributed by atoms with Crippen LogP contribution < -0.4 is 10.6 Å². The number of aromatic nitrogens is 1. The minimum Gasteiger partial charge on any atom is -0.319 e. The Bertz CT molecular complexity index is 1070. The quantitative estimate of drug-likeness (QED) is 0.611. The Hall–Kier alpha value is -2.21. The van der Waals surface area contributed by atoms with Crippen LogP contribution in [0.5, 0.6) is 0 Å². The molecule has 29 heavy (non-hydrogen) atoms. The number of para-hydroxylation sites is 1. The van der Waals surface area contributed by atoms with Crippen molar-refractivity contribution in [3.63, 3.8) is 0 Å². The molecule has 5 rings (SSSR count). The van der Waals surface area contributed by atoms with E-state index >= 15 is 0 Å². The molecule has 0 bridgehead atoms. The van der Waals surface area contributed by atoms with Crippen LogP contribution >= 0.6 is 24.8 Å². The number of amides is 1. The van der Waals surface area contributed by atoms with Crippen LogP contribution in [0.4, 0.5) is 10.1 Å². The van der Waals surface area contributed by atoms with Crippen LogP contribution in [0.15, 0.2) is 42.5 Å². The molecule has 7 heteroatoms. The highest BCUT2D eigenvalue weighted by Crippen LogP contribution is 2.40. The first kappa shape index (κ1) is 21.5. The number of hydrogen-bond donors (Lipinski definition) is 2. The molecule has 1 amide bonds. The third kappa shape index (κ3) is 4.08. The van der Waals surface area contributed by atoms with Gasteiger partial charge in [-0.05, 0) is 55.1 Å². The van der Waals surface area contributed by atoms with Gasteiger partial charge in [-0.1, -0.05) is 24.3 Å². The van der Waals surface area contributed by atoms with E-state index in [2.05, 4.69) is 10.6 Å². The molecule has 3 aromatic rings. The van der Waals surface area contributed by atoms with Gasteiger partial charge in [-0.2, -0.15) is 0 Å². The van der Waals surface area contributed by atoms with Gasteiger partial charge in [0.05, 0.1) is 16.8 Å². The number of halogens is 3. The number of carbonyl (C=O) groups excluding carboxylic acids is 1. The van der Waals surface area contributed by atoms with Gasteiger partial charge in [-0.3, -0.25) is 9.78 Å². The van der Waals surface area contributed by atoms with E-state index in [1.807, 2.05) is 36.4 Å². The highest BCUT2D eigenvalue weighted by Gasteiger charge is 2.27. The van der Waals surface area contributed by atoms with E-state index in [1.54, 1.807) is 6.07 Å². The first-order valence-electron chi connectivity index (χ1n) is 9.43. The van der Waals surface area contributed by atoms with E-state index in [9.17, 15) is 9.18 Å². The summed E-state index contributed by atoms with van der Waals surface area (Å²) < 4.78 is 14.9. The van der Waals surface area contributed by atoms with Crippen LogP contribution in [0.3, 0.4) is 0 Å². The summed E-state index contributed by atoms with van der Waals surface area (Å²) in [5, 5.41) is 6.82. The molecule has 0 saturated heterocycles. The van der Waals surface area contributed by atoms with Crippen LogP contribution in [0.25, 0.3) is 10.9 Å². The van der Waals surface area contributed by atoms with Crippen molar-refractivity contribution in [2.45, 2.75) is 31.7 Å². The maximum Gasteiger partial charge on any atom is 0.256 e. The zero-order valence-electron chi connectivity index (χ0n) is 15.7. The van der Waals surface area contributed by atoms with Crippen LogP contribution in [0, 0.1) is 5.82 Å². The first-order valence-corrected chi connectivity index (χ1v) is 9.43. The average Bonchev–Trinajstić information content (AvgIpc) is 3.55. The van der Waals surface area contributed by atoms with Crippen molar-refractivity contribution < 1.29 is 9.18 Å². The number of rotatable bonds is 3. The second-order valence-corrected chi connectivity index (χ2v) is 7.33. The number of anilines is 1. The monoisotopic (exact) mass is 433 g/mol. The lowest BCUT2D eigenvalue weighted by atomic mass is 9.99. The Morgan fingerprint density at radius 1 is 1.14 bits per heavy atom. The Labute approximate surface area is 181 Å². The summed E-state index contributed by atoms with van der Waals surface area (Å²) in [5.74, 6) is -0.166. The highest BCUT2D eigenvalue weighted by molar-refractivity contribution is 6.12. The number of carbonyl (C=O) groups is 1. The van der Waals surface area contributed by atoms with Crippen molar-refractivity contribution >= 4 is 47.3 Å². The van der Waals surface area contributed by atoms with E-state index in [1.165, 1.54) is 0 Å². The van der Waals surface area contributed by atoms with E-state index in [4.69, 9.17) is 4.98 Å². The Kier molecular flexibility index (Phi) is 6.42. The molecule has 2 aromatic carbocycles. The van der Waals surface area contributed by atoms with Crippen LogP contribution in [0.1, 0.15) is 45.9 Å². The number of nitrogens with zero attached hydrogens (tertiary/aromatic N) is 1. The SMILES string of the molecule is Cl.Cl.O=C(Nc1ccc2c(c1F)CCNC2)c1cc(C2CC2)nc2ccccc12. The molecule has 1 aromatic heterocycles. The zero-order valence-corrected chi connectivity index (χ0v) is 17.3. The first-order chi connectivity index (χ1) is 13.2. The predicted octanol–water partition coefficient (Wildman–Crippen LogP) is 4.99. The Morgan fingerprint density at radius 2 is 1.93 bits per heavy atom. The summed E-state index contributed by atoms with van der Waals surface area (Å²) in [6.07, 6.45) is 2.86. The molecule has 2 aliphatic rings. The smallest absolute Gasteiger partial charge is 0.256 e. The molecule has 2 heterocycles. The van der Waals surface area contributed by atoms with E-state index < -0.39 is 0 Å².